The van der Waals surface area contributed by atoms with Gasteiger partial charge in [0.05, 0.1) is 0 Å². The maximum atomic E-state index is 11.8. The van der Waals surface area contributed by atoms with E-state index in [2.05, 4.69) is 15.8 Å². The van der Waals surface area contributed by atoms with E-state index in [0.29, 0.717) is 11.4 Å². The summed E-state index contributed by atoms with van der Waals surface area (Å²) in [6.07, 6.45) is 0. The van der Waals surface area contributed by atoms with Crippen LogP contribution in [0.15, 0.2) is 53.7 Å². The Kier molecular flexibility index (Phi) is 3.87. The molecule has 0 fully saturated rings. The average molecular weight is 255 g/mol. The van der Waals surface area contributed by atoms with Gasteiger partial charge in [-0.25, -0.2) is 4.79 Å². The maximum absolute atomic E-state index is 11.8. The Morgan fingerprint density at radius 2 is 1.63 bits per heavy atom. The predicted octanol–water partition coefficient (Wildman–Crippen LogP) is 4.04. The molecule has 2 rings (SSSR count). The zero-order valence-corrected chi connectivity index (χ0v) is 10.4. The number of amides is 2. The van der Waals surface area contributed by atoms with Gasteiger partial charge in [-0.05, 0) is 48.0 Å². The first-order chi connectivity index (χ1) is 9.17. The van der Waals surface area contributed by atoms with Crippen molar-refractivity contribution >= 4 is 23.1 Å². The minimum absolute atomic E-state index is 0.272. The van der Waals surface area contributed by atoms with Gasteiger partial charge in [0.2, 0.25) is 0 Å². The summed E-state index contributed by atoms with van der Waals surface area (Å²) >= 11 is 0. The monoisotopic (exact) mass is 255 g/mol. The van der Waals surface area contributed by atoms with Crippen LogP contribution in [0.5, 0.6) is 0 Å². The normalized spacial score (nSPS) is 9.74. The molecule has 5 heteroatoms. The van der Waals surface area contributed by atoms with E-state index in [4.69, 9.17) is 0 Å². The highest BCUT2D eigenvalue weighted by molar-refractivity contribution is 5.99. The van der Waals surface area contributed by atoms with E-state index < -0.39 is 0 Å². The van der Waals surface area contributed by atoms with Crippen molar-refractivity contribution in [1.82, 2.24) is 0 Å². The molecule has 0 atom stereocenters. The van der Waals surface area contributed by atoms with E-state index in [-0.39, 0.29) is 11.7 Å². The molecule has 19 heavy (non-hydrogen) atoms. The van der Waals surface area contributed by atoms with Gasteiger partial charge in [0.25, 0.3) is 0 Å². The van der Waals surface area contributed by atoms with E-state index in [1.807, 2.05) is 25.1 Å². The van der Waals surface area contributed by atoms with E-state index in [0.717, 1.165) is 5.56 Å². The lowest BCUT2D eigenvalue weighted by atomic mass is 10.2. The van der Waals surface area contributed by atoms with Crippen molar-refractivity contribution in [2.24, 2.45) is 5.18 Å². The van der Waals surface area contributed by atoms with Gasteiger partial charge in [0.1, 0.15) is 5.69 Å². The third-order valence-electron chi connectivity index (χ3n) is 2.49. The van der Waals surface area contributed by atoms with Crippen LogP contribution in [0.4, 0.5) is 21.9 Å². The van der Waals surface area contributed by atoms with Crippen LogP contribution in [0.2, 0.25) is 0 Å². The third-order valence-corrected chi connectivity index (χ3v) is 2.49. The van der Waals surface area contributed by atoms with Crippen molar-refractivity contribution in [2.75, 3.05) is 10.6 Å². The smallest absolute Gasteiger partial charge is 0.308 e. The topological polar surface area (TPSA) is 70.6 Å². The van der Waals surface area contributed by atoms with Crippen LogP contribution in [0.25, 0.3) is 0 Å². The number of nitroso groups, excluding NO2 is 1. The fourth-order valence-corrected chi connectivity index (χ4v) is 1.66. The molecule has 0 heterocycles. The van der Waals surface area contributed by atoms with Crippen molar-refractivity contribution in [3.63, 3.8) is 0 Å². The summed E-state index contributed by atoms with van der Waals surface area (Å²) in [6, 6.07) is 13.5. The Labute approximate surface area is 110 Å². The first kappa shape index (κ1) is 12.8. The summed E-state index contributed by atoms with van der Waals surface area (Å²) in [5.74, 6) is 0. The van der Waals surface area contributed by atoms with Crippen LogP contribution in [-0.2, 0) is 0 Å². The fraction of sp³-hybridized carbons (Fsp3) is 0.0714. The molecule has 0 aliphatic rings. The molecular formula is C14H13N3O2. The molecule has 5 nitrogen and oxygen atoms in total. The van der Waals surface area contributed by atoms with Crippen LogP contribution in [0.1, 0.15) is 5.56 Å². The van der Waals surface area contributed by atoms with Gasteiger partial charge in [0, 0.05) is 11.4 Å². The van der Waals surface area contributed by atoms with E-state index in [1.54, 1.807) is 24.3 Å². The maximum Gasteiger partial charge on any atom is 0.323 e. The molecule has 0 bridgehead atoms. The first-order valence-electron chi connectivity index (χ1n) is 5.75. The van der Waals surface area contributed by atoms with Crippen molar-refractivity contribution in [2.45, 2.75) is 6.92 Å². The van der Waals surface area contributed by atoms with Crippen LogP contribution in [0, 0.1) is 11.8 Å². The molecule has 0 aliphatic carbocycles. The highest BCUT2D eigenvalue weighted by Crippen LogP contribution is 2.17. The van der Waals surface area contributed by atoms with Gasteiger partial charge in [-0.2, -0.15) is 0 Å². The summed E-state index contributed by atoms with van der Waals surface area (Å²) in [5.41, 5.74) is 2.56. The number of aryl methyl sites for hydroxylation is 1. The standard InChI is InChI=1S/C14H13N3O2/c1-10-4-2-5-11(8-10)15-14(18)16-12-6-3-7-13(9-12)17-19/h2-9H,1H3,(H2,15,16,18). The molecule has 2 N–H and O–H groups in total. The largest absolute Gasteiger partial charge is 0.323 e. The summed E-state index contributed by atoms with van der Waals surface area (Å²) < 4.78 is 0. The molecule has 2 amide bonds. The Morgan fingerprint density at radius 3 is 2.26 bits per heavy atom. The number of nitrogens with zero attached hydrogens (tertiary/aromatic N) is 1. The zero-order valence-electron chi connectivity index (χ0n) is 10.4. The van der Waals surface area contributed by atoms with Gasteiger partial charge in [-0.15, -0.1) is 4.91 Å². The molecule has 96 valence electrons. The quantitative estimate of drug-likeness (QED) is 0.812. The molecule has 2 aromatic rings. The number of urea groups is 1. The highest BCUT2D eigenvalue weighted by atomic mass is 16.3. The molecule has 0 aliphatic heterocycles. The van der Waals surface area contributed by atoms with Gasteiger partial charge in [0.15, 0.2) is 0 Å². The molecule has 0 saturated carbocycles. The molecule has 0 radical (unpaired) electrons. The number of carbonyl (C=O) groups excluding carboxylic acids is 1. The molecular weight excluding hydrogens is 242 g/mol. The summed E-state index contributed by atoms with van der Waals surface area (Å²) in [6.45, 7) is 1.95. The average Bonchev–Trinajstić information content (AvgIpc) is 2.38. The van der Waals surface area contributed by atoms with Crippen LogP contribution >= 0.6 is 0 Å². The van der Waals surface area contributed by atoms with Crippen LogP contribution < -0.4 is 10.6 Å². The SMILES string of the molecule is Cc1cccc(NC(=O)Nc2cccc(N=O)c2)c1. The van der Waals surface area contributed by atoms with Crippen LogP contribution in [0.3, 0.4) is 0 Å². The lowest BCUT2D eigenvalue weighted by Crippen LogP contribution is -2.19. The van der Waals surface area contributed by atoms with E-state index >= 15 is 0 Å². The van der Waals surface area contributed by atoms with E-state index in [1.165, 1.54) is 6.07 Å². The Bertz CT molecular complexity index is 611. The number of anilines is 2. The highest BCUT2D eigenvalue weighted by Gasteiger charge is 2.03. The number of hydrogen-bond donors (Lipinski definition) is 2. The van der Waals surface area contributed by atoms with Gasteiger partial charge < -0.3 is 10.6 Å². The minimum atomic E-state index is -0.367. The molecule has 2 aromatic carbocycles. The Balaban J connectivity index is 2.03. The van der Waals surface area contributed by atoms with Crippen molar-refractivity contribution in [3.8, 4) is 0 Å². The lowest BCUT2D eigenvalue weighted by molar-refractivity contribution is 0.262. The second-order valence-corrected chi connectivity index (χ2v) is 4.09. The Hall–Kier alpha value is -2.69. The summed E-state index contributed by atoms with van der Waals surface area (Å²) in [4.78, 5) is 22.2. The number of carbonyl (C=O) groups is 1. The molecule has 0 spiro atoms. The number of benzene rings is 2. The second kappa shape index (κ2) is 5.77. The van der Waals surface area contributed by atoms with Gasteiger partial charge in [-0.3, -0.25) is 0 Å². The predicted molar refractivity (Wildman–Crippen MR) is 75.7 cm³/mol. The number of hydrogen-bond acceptors (Lipinski definition) is 3. The Morgan fingerprint density at radius 1 is 1.00 bits per heavy atom. The van der Waals surface area contributed by atoms with Gasteiger partial charge >= 0.3 is 6.03 Å². The molecule has 0 saturated heterocycles. The van der Waals surface area contributed by atoms with Crippen molar-refractivity contribution in [3.05, 3.63) is 59.0 Å². The van der Waals surface area contributed by atoms with Gasteiger partial charge in [-0.1, -0.05) is 18.2 Å². The first-order valence-corrected chi connectivity index (χ1v) is 5.75. The zero-order chi connectivity index (χ0) is 13.7. The number of nitrogens with one attached hydrogen (secondary N) is 2. The van der Waals surface area contributed by atoms with Crippen molar-refractivity contribution < 1.29 is 4.79 Å². The summed E-state index contributed by atoms with van der Waals surface area (Å²) in [5, 5.41) is 8.16. The van der Waals surface area contributed by atoms with E-state index in [9.17, 15) is 9.70 Å². The molecule has 0 aromatic heterocycles. The fourth-order valence-electron chi connectivity index (χ4n) is 1.66. The number of rotatable bonds is 3. The lowest BCUT2D eigenvalue weighted by Gasteiger charge is -2.08. The molecule has 0 unspecified atom stereocenters. The minimum Gasteiger partial charge on any atom is -0.308 e. The van der Waals surface area contributed by atoms with Crippen molar-refractivity contribution in [1.29, 1.82) is 0 Å². The third kappa shape index (κ3) is 3.64. The van der Waals surface area contributed by atoms with Crippen LogP contribution in [-0.4, -0.2) is 6.03 Å². The summed E-state index contributed by atoms with van der Waals surface area (Å²) in [7, 11) is 0. The second-order valence-electron chi connectivity index (χ2n) is 4.09.